The van der Waals surface area contributed by atoms with Gasteiger partial charge in [0.25, 0.3) is 0 Å². The van der Waals surface area contributed by atoms with Gasteiger partial charge in [-0.05, 0) is 18.4 Å². The van der Waals surface area contributed by atoms with Crippen LogP contribution in [-0.2, 0) is 0 Å². The van der Waals surface area contributed by atoms with Crippen molar-refractivity contribution in [2.75, 3.05) is 6.54 Å². The number of rotatable bonds is 6. The molecule has 1 aromatic carbocycles. The minimum atomic E-state index is 0.254. The molecule has 0 aromatic heterocycles. The molecule has 0 spiro atoms. The van der Waals surface area contributed by atoms with Gasteiger partial charge in [0.15, 0.2) is 0 Å². The van der Waals surface area contributed by atoms with E-state index in [1.807, 2.05) is 24.3 Å². The van der Waals surface area contributed by atoms with Crippen LogP contribution in [0.5, 0.6) is 0 Å². The zero-order chi connectivity index (χ0) is 10.9. The summed E-state index contributed by atoms with van der Waals surface area (Å²) in [4.78, 5) is 0. The Morgan fingerprint density at radius 1 is 1.40 bits per heavy atom. The SMILES string of the molecule is C=CCC[C@@H](NCC#N)c1ccccc1. The smallest absolute Gasteiger partial charge is 0.0845 e. The molecule has 0 heterocycles. The van der Waals surface area contributed by atoms with Gasteiger partial charge in [0.2, 0.25) is 0 Å². The van der Waals surface area contributed by atoms with Crippen LogP contribution in [0.15, 0.2) is 43.0 Å². The molecule has 1 rings (SSSR count). The fraction of sp³-hybridized carbons (Fsp3) is 0.308. The Kier molecular flexibility index (Phi) is 5.21. The second kappa shape index (κ2) is 6.80. The van der Waals surface area contributed by atoms with E-state index in [-0.39, 0.29) is 6.04 Å². The van der Waals surface area contributed by atoms with Crippen LogP contribution in [0.3, 0.4) is 0 Å². The average molecular weight is 200 g/mol. The van der Waals surface area contributed by atoms with E-state index in [1.165, 1.54) is 5.56 Å². The molecule has 1 N–H and O–H groups in total. The Balaban J connectivity index is 2.63. The molecule has 0 fully saturated rings. The predicted octanol–water partition coefficient (Wildman–Crippen LogP) is 2.81. The summed E-state index contributed by atoms with van der Waals surface area (Å²) in [5.41, 5.74) is 1.23. The molecule has 0 bridgehead atoms. The highest BCUT2D eigenvalue weighted by molar-refractivity contribution is 5.19. The first kappa shape index (κ1) is 11.5. The number of nitrogens with zero attached hydrogens (tertiary/aromatic N) is 1. The van der Waals surface area contributed by atoms with Gasteiger partial charge >= 0.3 is 0 Å². The molecule has 0 unspecified atom stereocenters. The molecule has 78 valence electrons. The van der Waals surface area contributed by atoms with E-state index in [9.17, 15) is 0 Å². The zero-order valence-electron chi connectivity index (χ0n) is 8.82. The molecule has 0 aliphatic carbocycles. The quantitative estimate of drug-likeness (QED) is 0.566. The second-order valence-electron chi connectivity index (χ2n) is 3.37. The van der Waals surface area contributed by atoms with Crippen molar-refractivity contribution in [2.24, 2.45) is 0 Å². The standard InChI is InChI=1S/C13H16N2/c1-2-3-9-13(15-11-10-14)12-7-5-4-6-8-12/h2,4-8,13,15H,1,3,9,11H2/t13-/m1/s1. The summed E-state index contributed by atoms with van der Waals surface area (Å²) in [6, 6.07) is 12.6. The highest BCUT2D eigenvalue weighted by atomic mass is 14.9. The van der Waals surface area contributed by atoms with E-state index in [0.717, 1.165) is 12.8 Å². The Labute approximate surface area is 91.2 Å². The lowest BCUT2D eigenvalue weighted by Gasteiger charge is -2.16. The van der Waals surface area contributed by atoms with Gasteiger partial charge in [0.1, 0.15) is 0 Å². The van der Waals surface area contributed by atoms with Crippen molar-refractivity contribution in [1.29, 1.82) is 5.26 Å². The highest BCUT2D eigenvalue weighted by Gasteiger charge is 2.08. The molecule has 0 radical (unpaired) electrons. The lowest BCUT2D eigenvalue weighted by atomic mass is 10.0. The molecule has 0 amide bonds. The normalized spacial score (nSPS) is 11.7. The summed E-state index contributed by atoms with van der Waals surface area (Å²) in [6.07, 6.45) is 3.84. The van der Waals surface area contributed by atoms with Crippen molar-refractivity contribution in [1.82, 2.24) is 5.32 Å². The van der Waals surface area contributed by atoms with Gasteiger partial charge in [0.05, 0.1) is 12.6 Å². The molecule has 15 heavy (non-hydrogen) atoms. The van der Waals surface area contributed by atoms with Crippen LogP contribution >= 0.6 is 0 Å². The van der Waals surface area contributed by atoms with E-state index < -0.39 is 0 Å². The van der Waals surface area contributed by atoms with Crippen molar-refractivity contribution in [3.8, 4) is 6.07 Å². The van der Waals surface area contributed by atoms with Gasteiger partial charge in [-0.3, -0.25) is 5.32 Å². The molecule has 0 aliphatic heterocycles. The third-order valence-corrected chi connectivity index (χ3v) is 2.29. The number of allylic oxidation sites excluding steroid dienone is 1. The van der Waals surface area contributed by atoms with Crippen LogP contribution in [0.1, 0.15) is 24.4 Å². The average Bonchev–Trinajstić information content (AvgIpc) is 2.30. The van der Waals surface area contributed by atoms with Crippen LogP contribution in [0.2, 0.25) is 0 Å². The van der Waals surface area contributed by atoms with Crippen LogP contribution < -0.4 is 5.32 Å². The topological polar surface area (TPSA) is 35.8 Å². The molecule has 0 saturated carbocycles. The van der Waals surface area contributed by atoms with Gasteiger partial charge < -0.3 is 0 Å². The number of nitriles is 1. The van der Waals surface area contributed by atoms with E-state index in [1.54, 1.807) is 0 Å². The van der Waals surface area contributed by atoms with Crippen LogP contribution in [0.25, 0.3) is 0 Å². The van der Waals surface area contributed by atoms with E-state index >= 15 is 0 Å². The summed E-state index contributed by atoms with van der Waals surface area (Å²) in [7, 11) is 0. The maximum Gasteiger partial charge on any atom is 0.0845 e. The first-order valence-corrected chi connectivity index (χ1v) is 5.14. The Bertz CT molecular complexity index is 324. The molecule has 0 saturated heterocycles. The maximum atomic E-state index is 8.55. The van der Waals surface area contributed by atoms with Crippen molar-refractivity contribution in [2.45, 2.75) is 18.9 Å². The predicted molar refractivity (Wildman–Crippen MR) is 62.2 cm³/mol. The van der Waals surface area contributed by atoms with E-state index in [2.05, 4.69) is 30.1 Å². The Morgan fingerprint density at radius 3 is 2.73 bits per heavy atom. The summed E-state index contributed by atoms with van der Waals surface area (Å²) in [5, 5.41) is 11.8. The van der Waals surface area contributed by atoms with Gasteiger partial charge in [0, 0.05) is 6.04 Å². The fourth-order valence-corrected chi connectivity index (χ4v) is 1.53. The van der Waals surface area contributed by atoms with E-state index in [4.69, 9.17) is 5.26 Å². The lowest BCUT2D eigenvalue weighted by molar-refractivity contribution is 0.534. The van der Waals surface area contributed by atoms with Gasteiger partial charge in [-0.15, -0.1) is 6.58 Å². The molecule has 0 aliphatic rings. The minimum Gasteiger partial charge on any atom is -0.298 e. The van der Waals surface area contributed by atoms with Crippen LogP contribution in [-0.4, -0.2) is 6.54 Å². The summed E-state index contributed by atoms with van der Waals surface area (Å²) in [5.74, 6) is 0. The second-order valence-corrected chi connectivity index (χ2v) is 3.37. The zero-order valence-corrected chi connectivity index (χ0v) is 8.82. The summed E-state index contributed by atoms with van der Waals surface area (Å²) >= 11 is 0. The molecular weight excluding hydrogens is 184 g/mol. The molecule has 2 heteroatoms. The van der Waals surface area contributed by atoms with Crippen LogP contribution in [0, 0.1) is 11.3 Å². The summed E-state index contributed by atoms with van der Waals surface area (Å²) in [6.45, 7) is 4.10. The number of hydrogen-bond donors (Lipinski definition) is 1. The number of hydrogen-bond acceptors (Lipinski definition) is 2. The molecular formula is C13H16N2. The highest BCUT2D eigenvalue weighted by Crippen LogP contribution is 2.17. The number of nitrogens with one attached hydrogen (secondary N) is 1. The Hall–Kier alpha value is -1.59. The molecule has 1 atom stereocenters. The molecule has 2 nitrogen and oxygen atoms in total. The largest absolute Gasteiger partial charge is 0.298 e. The van der Waals surface area contributed by atoms with Crippen molar-refractivity contribution < 1.29 is 0 Å². The first-order chi connectivity index (χ1) is 7.38. The Morgan fingerprint density at radius 2 is 2.13 bits per heavy atom. The minimum absolute atomic E-state index is 0.254. The van der Waals surface area contributed by atoms with Gasteiger partial charge in [-0.1, -0.05) is 36.4 Å². The lowest BCUT2D eigenvalue weighted by Crippen LogP contribution is -2.21. The fourth-order valence-electron chi connectivity index (χ4n) is 1.53. The van der Waals surface area contributed by atoms with Crippen molar-refractivity contribution >= 4 is 0 Å². The van der Waals surface area contributed by atoms with E-state index in [0.29, 0.717) is 6.54 Å². The van der Waals surface area contributed by atoms with Gasteiger partial charge in [-0.25, -0.2) is 0 Å². The van der Waals surface area contributed by atoms with Crippen LogP contribution in [0.4, 0.5) is 0 Å². The maximum absolute atomic E-state index is 8.55. The third kappa shape index (κ3) is 3.97. The first-order valence-electron chi connectivity index (χ1n) is 5.14. The summed E-state index contributed by atoms with van der Waals surface area (Å²) < 4.78 is 0. The number of benzene rings is 1. The third-order valence-electron chi connectivity index (χ3n) is 2.29. The molecule has 1 aromatic rings. The van der Waals surface area contributed by atoms with Gasteiger partial charge in [-0.2, -0.15) is 5.26 Å². The van der Waals surface area contributed by atoms with Crippen molar-refractivity contribution in [3.05, 3.63) is 48.6 Å². The van der Waals surface area contributed by atoms with Crippen molar-refractivity contribution in [3.63, 3.8) is 0 Å². The monoisotopic (exact) mass is 200 g/mol.